The van der Waals surface area contributed by atoms with Crippen molar-refractivity contribution in [1.82, 2.24) is 0 Å². The predicted molar refractivity (Wildman–Crippen MR) is 57.1 cm³/mol. The molecule has 2 N–H and O–H groups in total. The van der Waals surface area contributed by atoms with Crippen LogP contribution >= 0.6 is 0 Å². The SMILES string of the molecule is COc1cc(OC)cc([C@H](N)CC(F)F)c1. The molecule has 0 saturated heterocycles. The standard InChI is InChI=1S/C11H15F2NO2/c1-15-8-3-7(4-9(5-8)16-2)10(14)6-11(12)13/h3-5,10-11H,6,14H2,1-2H3/t10-/m1/s1. The Labute approximate surface area is 93.2 Å². The van der Waals surface area contributed by atoms with Crippen molar-refractivity contribution in [3.05, 3.63) is 23.8 Å². The number of rotatable bonds is 5. The van der Waals surface area contributed by atoms with E-state index in [1.54, 1.807) is 18.2 Å². The van der Waals surface area contributed by atoms with E-state index in [-0.39, 0.29) is 6.42 Å². The molecule has 0 aliphatic carbocycles. The van der Waals surface area contributed by atoms with Crippen LogP contribution < -0.4 is 15.2 Å². The topological polar surface area (TPSA) is 44.5 Å². The van der Waals surface area contributed by atoms with E-state index < -0.39 is 12.5 Å². The predicted octanol–water partition coefficient (Wildman–Crippen LogP) is 2.36. The minimum Gasteiger partial charge on any atom is -0.497 e. The third kappa shape index (κ3) is 3.34. The summed E-state index contributed by atoms with van der Waals surface area (Å²) in [5.74, 6) is 1.08. The monoisotopic (exact) mass is 231 g/mol. The second-order valence-corrected chi connectivity index (χ2v) is 3.38. The Kier molecular flexibility index (Phi) is 4.49. The molecular formula is C11H15F2NO2. The van der Waals surface area contributed by atoms with E-state index in [1.165, 1.54) is 14.2 Å². The quantitative estimate of drug-likeness (QED) is 0.846. The van der Waals surface area contributed by atoms with Gasteiger partial charge in [0.1, 0.15) is 11.5 Å². The van der Waals surface area contributed by atoms with E-state index >= 15 is 0 Å². The van der Waals surface area contributed by atoms with Crippen molar-refractivity contribution in [3.8, 4) is 11.5 Å². The first-order valence-corrected chi connectivity index (χ1v) is 4.83. The molecule has 0 bridgehead atoms. The highest BCUT2D eigenvalue weighted by atomic mass is 19.3. The summed E-state index contributed by atoms with van der Waals surface area (Å²) < 4.78 is 34.4. The molecule has 0 aliphatic heterocycles. The molecule has 16 heavy (non-hydrogen) atoms. The summed E-state index contributed by atoms with van der Waals surface area (Å²) in [4.78, 5) is 0. The second kappa shape index (κ2) is 5.65. The molecule has 5 heteroatoms. The number of nitrogens with two attached hydrogens (primary N) is 1. The van der Waals surface area contributed by atoms with Crippen LogP contribution in [-0.2, 0) is 0 Å². The van der Waals surface area contributed by atoms with Crippen LogP contribution in [0, 0.1) is 0 Å². The lowest BCUT2D eigenvalue weighted by Crippen LogP contribution is -2.14. The van der Waals surface area contributed by atoms with Gasteiger partial charge in [0.15, 0.2) is 0 Å². The van der Waals surface area contributed by atoms with Gasteiger partial charge in [-0.2, -0.15) is 0 Å². The number of hydrogen-bond acceptors (Lipinski definition) is 3. The Morgan fingerprint density at radius 2 is 1.62 bits per heavy atom. The molecule has 0 saturated carbocycles. The van der Waals surface area contributed by atoms with Gasteiger partial charge in [-0.3, -0.25) is 0 Å². The molecule has 1 rings (SSSR count). The second-order valence-electron chi connectivity index (χ2n) is 3.38. The maximum absolute atomic E-state index is 12.2. The molecule has 0 aromatic heterocycles. The molecule has 1 atom stereocenters. The van der Waals surface area contributed by atoms with Gasteiger partial charge < -0.3 is 15.2 Å². The van der Waals surface area contributed by atoms with Crippen molar-refractivity contribution in [2.45, 2.75) is 18.9 Å². The van der Waals surface area contributed by atoms with Crippen LogP contribution in [0.25, 0.3) is 0 Å². The molecule has 0 amide bonds. The van der Waals surface area contributed by atoms with Crippen LogP contribution in [0.4, 0.5) is 8.78 Å². The minimum atomic E-state index is -2.42. The molecular weight excluding hydrogens is 216 g/mol. The summed E-state index contributed by atoms with van der Waals surface area (Å²) >= 11 is 0. The van der Waals surface area contributed by atoms with Crippen molar-refractivity contribution < 1.29 is 18.3 Å². The van der Waals surface area contributed by atoms with Crippen molar-refractivity contribution in [2.24, 2.45) is 5.73 Å². The van der Waals surface area contributed by atoms with Gasteiger partial charge in [0.05, 0.1) is 14.2 Å². The number of halogens is 2. The summed E-state index contributed by atoms with van der Waals surface area (Å²) in [5.41, 5.74) is 6.23. The molecule has 3 nitrogen and oxygen atoms in total. The van der Waals surface area contributed by atoms with Crippen molar-refractivity contribution in [3.63, 3.8) is 0 Å². The van der Waals surface area contributed by atoms with Gasteiger partial charge in [-0.05, 0) is 17.7 Å². The van der Waals surface area contributed by atoms with E-state index in [4.69, 9.17) is 15.2 Å². The van der Waals surface area contributed by atoms with E-state index in [9.17, 15) is 8.78 Å². The molecule has 1 aromatic rings. The van der Waals surface area contributed by atoms with Gasteiger partial charge in [0, 0.05) is 18.5 Å². The highest BCUT2D eigenvalue weighted by Crippen LogP contribution is 2.27. The molecule has 0 radical (unpaired) electrons. The Bertz CT molecular complexity index is 323. The van der Waals surface area contributed by atoms with E-state index in [1.807, 2.05) is 0 Å². The number of hydrogen-bond donors (Lipinski definition) is 1. The van der Waals surface area contributed by atoms with Crippen LogP contribution in [0.5, 0.6) is 11.5 Å². The Hall–Kier alpha value is -1.36. The van der Waals surface area contributed by atoms with Gasteiger partial charge in [0.25, 0.3) is 0 Å². The van der Waals surface area contributed by atoms with Gasteiger partial charge >= 0.3 is 0 Å². The van der Waals surface area contributed by atoms with E-state index in [2.05, 4.69) is 0 Å². The fourth-order valence-electron chi connectivity index (χ4n) is 1.37. The summed E-state index contributed by atoms with van der Waals surface area (Å²) in [6, 6.07) is 4.22. The maximum atomic E-state index is 12.2. The maximum Gasteiger partial charge on any atom is 0.240 e. The molecule has 1 aromatic carbocycles. The Balaban J connectivity index is 2.93. The largest absolute Gasteiger partial charge is 0.497 e. The van der Waals surface area contributed by atoms with Gasteiger partial charge in [-0.1, -0.05) is 0 Å². The fraction of sp³-hybridized carbons (Fsp3) is 0.455. The number of ether oxygens (including phenoxy) is 2. The molecule has 0 heterocycles. The zero-order valence-electron chi connectivity index (χ0n) is 9.24. The highest BCUT2D eigenvalue weighted by molar-refractivity contribution is 5.39. The smallest absolute Gasteiger partial charge is 0.240 e. The van der Waals surface area contributed by atoms with Crippen LogP contribution in [-0.4, -0.2) is 20.6 Å². The lowest BCUT2D eigenvalue weighted by molar-refractivity contribution is 0.128. The van der Waals surface area contributed by atoms with Crippen LogP contribution in [0.1, 0.15) is 18.0 Å². The van der Waals surface area contributed by atoms with Crippen LogP contribution in [0.15, 0.2) is 18.2 Å². The van der Waals surface area contributed by atoms with Crippen molar-refractivity contribution in [1.29, 1.82) is 0 Å². The lowest BCUT2D eigenvalue weighted by Gasteiger charge is -2.14. The Morgan fingerprint density at radius 3 is 2.00 bits per heavy atom. The van der Waals surface area contributed by atoms with Gasteiger partial charge in [0.2, 0.25) is 6.43 Å². The van der Waals surface area contributed by atoms with Crippen molar-refractivity contribution >= 4 is 0 Å². The molecule has 0 fully saturated rings. The van der Waals surface area contributed by atoms with Gasteiger partial charge in [-0.15, -0.1) is 0 Å². The molecule has 0 unspecified atom stereocenters. The Morgan fingerprint density at radius 1 is 1.12 bits per heavy atom. The van der Waals surface area contributed by atoms with E-state index in [0.29, 0.717) is 17.1 Å². The van der Waals surface area contributed by atoms with Gasteiger partial charge in [-0.25, -0.2) is 8.78 Å². The number of methoxy groups -OCH3 is 2. The zero-order chi connectivity index (χ0) is 12.1. The van der Waals surface area contributed by atoms with Crippen LogP contribution in [0.3, 0.4) is 0 Å². The summed E-state index contributed by atoms with van der Waals surface area (Å²) in [7, 11) is 2.99. The highest BCUT2D eigenvalue weighted by Gasteiger charge is 2.14. The first-order valence-electron chi connectivity index (χ1n) is 4.83. The normalized spacial score (nSPS) is 12.6. The number of benzene rings is 1. The van der Waals surface area contributed by atoms with Crippen molar-refractivity contribution in [2.75, 3.05) is 14.2 Å². The molecule has 0 aliphatic rings. The third-order valence-corrected chi connectivity index (χ3v) is 2.23. The third-order valence-electron chi connectivity index (χ3n) is 2.23. The molecule has 90 valence electrons. The summed E-state index contributed by atoms with van der Waals surface area (Å²) in [6.07, 6.45) is -2.80. The zero-order valence-corrected chi connectivity index (χ0v) is 9.24. The average molecular weight is 231 g/mol. The first kappa shape index (κ1) is 12.7. The lowest BCUT2D eigenvalue weighted by atomic mass is 10.0. The average Bonchev–Trinajstić information content (AvgIpc) is 2.27. The van der Waals surface area contributed by atoms with Crippen LogP contribution in [0.2, 0.25) is 0 Å². The summed E-state index contributed by atoms with van der Waals surface area (Å²) in [6.45, 7) is 0. The number of alkyl halides is 2. The van der Waals surface area contributed by atoms with E-state index in [0.717, 1.165) is 0 Å². The summed E-state index contributed by atoms with van der Waals surface area (Å²) in [5, 5.41) is 0. The molecule has 0 spiro atoms. The fourth-order valence-corrected chi connectivity index (χ4v) is 1.37. The first-order chi connectivity index (χ1) is 7.56. The minimum absolute atomic E-state index is 0.379.